The first kappa shape index (κ1) is 22.5. The molecule has 0 amide bonds. The van der Waals surface area contributed by atoms with Crippen molar-refractivity contribution in [2.45, 2.75) is 0 Å². The van der Waals surface area contributed by atoms with E-state index in [1.807, 2.05) is 0 Å². The predicted molar refractivity (Wildman–Crippen MR) is 38.6 cm³/mol. The molecule has 8 heteroatoms. The smallest absolute Gasteiger partial charge is 0.303 e. The summed E-state index contributed by atoms with van der Waals surface area (Å²) in [6.07, 6.45) is 0. The molecule has 0 rings (SSSR count). The van der Waals surface area contributed by atoms with Gasteiger partial charge in [-0.1, -0.05) is 0 Å². The van der Waals surface area contributed by atoms with Gasteiger partial charge in [0.15, 0.2) is 0 Å². The Labute approximate surface area is 85.0 Å². The molecule has 0 heterocycles. The third-order valence-electron chi connectivity index (χ3n) is 0. The Morgan fingerprint density at radius 1 is 1.00 bits per heavy atom. The second kappa shape index (κ2) is 8.93. The lowest BCUT2D eigenvalue weighted by atomic mass is 15.8. The second-order valence-electron chi connectivity index (χ2n) is 0.513. The minimum absolute atomic E-state index is 0. The molecule has 3 N–H and O–H groups in total. The number of hydrogen-bond donors (Lipinski definition) is 3. The Hall–Kier alpha value is 1.93. The van der Waals surface area contributed by atoms with Crippen LogP contribution in [-0.4, -0.2) is 60.8 Å². The van der Waals surface area contributed by atoms with Gasteiger partial charge in [0.25, 0.3) is 0 Å². The lowest BCUT2D eigenvalue weighted by Gasteiger charge is -1.82. The summed E-state index contributed by atoms with van der Waals surface area (Å²) in [6, 6.07) is 0. The number of hydrogen-bond acceptors (Lipinski definition) is 1. The molecule has 0 aromatic rings. The summed E-state index contributed by atoms with van der Waals surface area (Å²) in [6.45, 7) is 0. The van der Waals surface area contributed by atoms with Crippen LogP contribution in [0.1, 0.15) is 0 Å². The van der Waals surface area contributed by atoms with Crippen LogP contribution in [0.5, 0.6) is 0 Å². The van der Waals surface area contributed by atoms with E-state index in [2.05, 4.69) is 0 Å². The molecular weight excluding hydrogens is 179 g/mol. The normalized spacial score (nSPS) is 7.38. The highest BCUT2D eigenvalue weighted by Crippen LogP contribution is 2.25. The monoisotopic (exact) mass is 186 g/mol. The Kier molecular flexibility index (Phi) is 25.1. The van der Waals surface area contributed by atoms with Gasteiger partial charge in [-0.15, -0.1) is 12.4 Å². The first-order valence-electron chi connectivity index (χ1n) is 0.783. The maximum atomic E-state index is 8.88. The molecule has 0 aliphatic rings. The van der Waals surface area contributed by atoms with Crippen LogP contribution in [0, 0.1) is 0 Å². The fraction of sp³-hybridized carbons (Fsp3) is 0. The molecule has 0 aliphatic carbocycles. The molecule has 0 atom stereocenters. The van der Waals surface area contributed by atoms with E-state index < -0.39 is 7.82 Å². The van der Waals surface area contributed by atoms with Gasteiger partial charge < -0.3 is 14.7 Å². The minimum atomic E-state index is -4.64. The highest BCUT2D eigenvalue weighted by molar-refractivity contribution is 7.45. The maximum absolute atomic E-state index is 8.88. The van der Waals surface area contributed by atoms with Crippen LogP contribution in [-0.2, 0) is 4.57 Å². The van der Waals surface area contributed by atoms with Crippen molar-refractivity contribution in [1.82, 2.24) is 0 Å². The van der Waals surface area contributed by atoms with Gasteiger partial charge in [0.1, 0.15) is 0 Å². The minimum Gasteiger partial charge on any atom is -0.303 e. The van der Waals surface area contributed by atoms with Gasteiger partial charge in [-0.3, -0.25) is 0 Å². The molecule has 0 aliphatic heterocycles. The highest BCUT2D eigenvalue weighted by Gasteiger charge is 2.00. The van der Waals surface area contributed by atoms with Crippen molar-refractivity contribution in [3.8, 4) is 0 Å². The Morgan fingerprint density at radius 2 is 1.00 bits per heavy atom. The van der Waals surface area contributed by atoms with E-state index in [9.17, 15) is 0 Å². The summed E-state index contributed by atoms with van der Waals surface area (Å²) in [4.78, 5) is 21.6. The number of rotatable bonds is 0. The van der Waals surface area contributed by atoms with Gasteiger partial charge in [-0.25, -0.2) is 4.57 Å². The standard InChI is InChI=1S/ClH.2Mg.H3O4P.4H/c;;;1-5(2,3)4;;;;/h1H;;;(H3,1,2,3,4);;;;. The van der Waals surface area contributed by atoms with Crippen LogP contribution in [0.4, 0.5) is 0 Å². The predicted octanol–water partition coefficient (Wildman–Crippen LogP) is -2.34. The van der Waals surface area contributed by atoms with Gasteiger partial charge in [0.2, 0.25) is 0 Å². The van der Waals surface area contributed by atoms with Crippen LogP contribution < -0.4 is 0 Å². The molecule has 0 aromatic heterocycles. The largest absolute Gasteiger partial charge is 0.466 e. The van der Waals surface area contributed by atoms with Crippen molar-refractivity contribution in [2.24, 2.45) is 0 Å². The van der Waals surface area contributed by atoms with E-state index in [4.69, 9.17) is 19.2 Å². The van der Waals surface area contributed by atoms with E-state index in [0.717, 1.165) is 0 Å². The van der Waals surface area contributed by atoms with Crippen molar-refractivity contribution < 1.29 is 19.2 Å². The van der Waals surface area contributed by atoms with Crippen molar-refractivity contribution in [3.63, 3.8) is 0 Å². The fourth-order valence-corrected chi connectivity index (χ4v) is 0. The summed E-state index contributed by atoms with van der Waals surface area (Å²) >= 11 is 0. The van der Waals surface area contributed by atoms with Gasteiger partial charge in [-0.2, -0.15) is 0 Å². The van der Waals surface area contributed by atoms with E-state index in [1.165, 1.54) is 0 Å². The average Bonchev–Trinajstić information content (AvgIpc) is 0.722. The highest BCUT2D eigenvalue weighted by atomic mass is 35.5. The Morgan fingerprint density at radius 3 is 1.00 bits per heavy atom. The summed E-state index contributed by atoms with van der Waals surface area (Å²) in [5.41, 5.74) is 0. The van der Waals surface area contributed by atoms with Crippen molar-refractivity contribution in [1.29, 1.82) is 0 Å². The van der Waals surface area contributed by atoms with Crippen molar-refractivity contribution >= 4 is 66.3 Å². The summed E-state index contributed by atoms with van der Waals surface area (Å²) in [5.74, 6) is 0. The third kappa shape index (κ3) is 102. The summed E-state index contributed by atoms with van der Waals surface area (Å²) in [5, 5.41) is 0. The zero-order valence-corrected chi connectivity index (χ0v) is 4.32. The van der Waals surface area contributed by atoms with Gasteiger partial charge in [0, 0.05) is 0 Å². The molecule has 0 bridgehead atoms. The quantitative estimate of drug-likeness (QED) is 0.293. The molecule has 48 valence electrons. The van der Waals surface area contributed by atoms with Crippen LogP contribution in [0.2, 0.25) is 0 Å². The number of halogens is 1. The van der Waals surface area contributed by atoms with Crippen LogP contribution in [0.25, 0.3) is 0 Å². The van der Waals surface area contributed by atoms with Crippen LogP contribution in [0.3, 0.4) is 0 Å². The zero-order valence-electron chi connectivity index (χ0n) is 2.61. The van der Waals surface area contributed by atoms with Gasteiger partial charge in [-0.05, 0) is 0 Å². The Bertz CT molecular complexity index is 60.2. The zero-order chi connectivity index (χ0) is 4.50. The molecule has 0 aromatic carbocycles. The lowest BCUT2D eigenvalue weighted by molar-refractivity contribution is 0.275. The first-order chi connectivity index (χ1) is 2.00. The molecule has 0 saturated carbocycles. The van der Waals surface area contributed by atoms with Crippen LogP contribution >= 0.6 is 20.2 Å². The van der Waals surface area contributed by atoms with Gasteiger partial charge >= 0.3 is 53.9 Å². The topological polar surface area (TPSA) is 77.8 Å². The van der Waals surface area contributed by atoms with E-state index in [1.54, 1.807) is 0 Å². The molecular formula is H8ClMg2O4P. The second-order valence-corrected chi connectivity index (χ2v) is 1.54. The maximum Gasteiger partial charge on any atom is 0.466 e. The number of phosphoric acid groups is 1. The van der Waals surface area contributed by atoms with E-state index in [-0.39, 0.29) is 58.5 Å². The third-order valence-corrected chi connectivity index (χ3v) is 0. The van der Waals surface area contributed by atoms with Crippen molar-refractivity contribution in [3.05, 3.63) is 0 Å². The molecule has 0 unspecified atom stereocenters. The molecule has 4 nitrogen and oxygen atoms in total. The summed E-state index contributed by atoms with van der Waals surface area (Å²) < 4.78 is 8.88. The molecule has 0 radical (unpaired) electrons. The van der Waals surface area contributed by atoms with E-state index >= 15 is 0 Å². The van der Waals surface area contributed by atoms with Crippen molar-refractivity contribution in [2.75, 3.05) is 0 Å². The lowest BCUT2D eigenvalue weighted by Crippen LogP contribution is -1.66. The molecule has 0 saturated heterocycles. The van der Waals surface area contributed by atoms with Crippen LogP contribution in [0.15, 0.2) is 0 Å². The van der Waals surface area contributed by atoms with E-state index in [0.29, 0.717) is 0 Å². The molecule has 0 fully saturated rings. The molecule has 8 heavy (non-hydrogen) atoms. The fourth-order valence-electron chi connectivity index (χ4n) is 0. The molecule has 0 spiro atoms. The average molecular weight is 187 g/mol. The van der Waals surface area contributed by atoms with Gasteiger partial charge in [0.05, 0.1) is 0 Å². The SMILES string of the molecule is Cl.O=P(O)(O)O.[MgH2].[MgH2]. The summed E-state index contributed by atoms with van der Waals surface area (Å²) in [7, 11) is -4.64. The Balaban J connectivity index is -0.0000000267. The first-order valence-corrected chi connectivity index (χ1v) is 2.35.